The normalized spacial score (nSPS) is 11.5. The van der Waals surface area contributed by atoms with Gasteiger partial charge < -0.3 is 21.1 Å². The molecule has 0 bridgehead atoms. The predicted molar refractivity (Wildman–Crippen MR) is 85.5 cm³/mol. The molecule has 10 heteroatoms. The third kappa shape index (κ3) is 6.41. The van der Waals surface area contributed by atoms with Crippen LogP contribution in [0.4, 0.5) is 19.3 Å². The van der Waals surface area contributed by atoms with Gasteiger partial charge in [0.15, 0.2) is 6.61 Å². The van der Waals surface area contributed by atoms with Crippen LogP contribution in [0.5, 0.6) is 0 Å². The first-order chi connectivity index (χ1) is 11.3. The van der Waals surface area contributed by atoms with Gasteiger partial charge in [-0.1, -0.05) is 6.07 Å². The van der Waals surface area contributed by atoms with Gasteiger partial charge in [-0.15, -0.1) is 0 Å². The van der Waals surface area contributed by atoms with E-state index >= 15 is 0 Å². The van der Waals surface area contributed by atoms with E-state index in [4.69, 9.17) is 10.5 Å². The number of nitrogens with one attached hydrogen (secondary N) is 2. The Morgan fingerprint density at radius 2 is 1.92 bits per heavy atom. The summed E-state index contributed by atoms with van der Waals surface area (Å²) in [5.41, 5.74) is 4.34. The summed E-state index contributed by atoms with van der Waals surface area (Å²) in [7, 11) is 0. The SMILES string of the molecule is CSCC[C@H](NC(N)=O)C(=O)OCC(=O)Nc1c(F)cccc1F. The van der Waals surface area contributed by atoms with Crippen LogP contribution in [0, 0.1) is 11.6 Å². The van der Waals surface area contributed by atoms with Gasteiger partial charge in [-0.25, -0.2) is 18.4 Å². The second-order valence-electron chi connectivity index (χ2n) is 4.60. The molecule has 0 spiro atoms. The average Bonchev–Trinajstić information content (AvgIpc) is 2.52. The van der Waals surface area contributed by atoms with E-state index in [1.807, 2.05) is 11.6 Å². The molecule has 132 valence electrons. The highest BCUT2D eigenvalue weighted by Gasteiger charge is 2.22. The number of rotatable bonds is 8. The van der Waals surface area contributed by atoms with Crippen molar-refractivity contribution >= 4 is 35.4 Å². The molecule has 7 nitrogen and oxygen atoms in total. The fourth-order valence-electron chi connectivity index (χ4n) is 1.69. The number of para-hydroxylation sites is 1. The molecule has 1 aromatic rings. The number of benzene rings is 1. The quantitative estimate of drug-likeness (QED) is 0.603. The number of esters is 1. The fourth-order valence-corrected chi connectivity index (χ4v) is 2.16. The van der Waals surface area contributed by atoms with Crippen LogP contribution in [-0.2, 0) is 14.3 Å². The first-order valence-corrected chi connectivity index (χ1v) is 8.20. The summed E-state index contributed by atoms with van der Waals surface area (Å²) in [6.45, 7) is -0.761. The zero-order valence-electron chi connectivity index (χ0n) is 12.8. The summed E-state index contributed by atoms with van der Waals surface area (Å²) < 4.78 is 31.5. The zero-order chi connectivity index (χ0) is 18.1. The highest BCUT2D eigenvalue weighted by atomic mass is 32.2. The van der Waals surface area contributed by atoms with Crippen molar-refractivity contribution in [2.45, 2.75) is 12.5 Å². The topological polar surface area (TPSA) is 111 Å². The summed E-state index contributed by atoms with van der Waals surface area (Å²) in [6.07, 6.45) is 2.07. The minimum Gasteiger partial charge on any atom is -0.454 e. The van der Waals surface area contributed by atoms with E-state index in [2.05, 4.69) is 5.32 Å². The number of primary amides is 1. The van der Waals surface area contributed by atoms with Crippen molar-refractivity contribution in [3.05, 3.63) is 29.8 Å². The average molecular weight is 361 g/mol. The lowest BCUT2D eigenvalue weighted by Gasteiger charge is -2.16. The molecule has 1 aromatic carbocycles. The van der Waals surface area contributed by atoms with E-state index in [-0.39, 0.29) is 6.42 Å². The van der Waals surface area contributed by atoms with Gasteiger partial charge >= 0.3 is 12.0 Å². The fraction of sp³-hybridized carbons (Fsp3) is 0.357. The third-order valence-electron chi connectivity index (χ3n) is 2.78. The van der Waals surface area contributed by atoms with Crippen molar-refractivity contribution in [1.29, 1.82) is 0 Å². The van der Waals surface area contributed by atoms with Gasteiger partial charge in [0.1, 0.15) is 23.4 Å². The number of anilines is 1. The molecule has 0 aliphatic rings. The number of amides is 3. The van der Waals surface area contributed by atoms with E-state index < -0.39 is 47.9 Å². The van der Waals surface area contributed by atoms with E-state index in [1.165, 1.54) is 11.8 Å². The zero-order valence-corrected chi connectivity index (χ0v) is 13.6. The Bertz CT molecular complexity index is 595. The number of hydrogen-bond donors (Lipinski definition) is 3. The maximum Gasteiger partial charge on any atom is 0.329 e. The van der Waals surface area contributed by atoms with Crippen molar-refractivity contribution in [1.82, 2.24) is 5.32 Å². The molecule has 3 amide bonds. The Labute approximate surface area is 141 Å². The van der Waals surface area contributed by atoms with Crippen LogP contribution in [0.25, 0.3) is 0 Å². The maximum absolute atomic E-state index is 13.4. The molecule has 0 saturated carbocycles. The smallest absolute Gasteiger partial charge is 0.329 e. The minimum atomic E-state index is -1.01. The predicted octanol–water partition coefficient (Wildman–Crippen LogP) is 1.24. The molecule has 0 saturated heterocycles. The minimum absolute atomic E-state index is 0.256. The number of carbonyl (C=O) groups excluding carboxylic acids is 3. The second kappa shape index (κ2) is 9.71. The van der Waals surface area contributed by atoms with Gasteiger partial charge in [0, 0.05) is 0 Å². The van der Waals surface area contributed by atoms with Gasteiger partial charge in [-0.3, -0.25) is 4.79 Å². The van der Waals surface area contributed by atoms with E-state index in [9.17, 15) is 23.2 Å². The largest absolute Gasteiger partial charge is 0.454 e. The van der Waals surface area contributed by atoms with Gasteiger partial charge in [0.05, 0.1) is 0 Å². The first-order valence-electron chi connectivity index (χ1n) is 6.80. The van der Waals surface area contributed by atoms with Crippen LogP contribution >= 0.6 is 11.8 Å². The first kappa shape index (κ1) is 19.7. The molecule has 1 rings (SSSR count). The molecule has 0 unspecified atom stereocenters. The molecule has 4 N–H and O–H groups in total. The lowest BCUT2D eigenvalue weighted by Crippen LogP contribution is -2.45. The van der Waals surface area contributed by atoms with Crippen LogP contribution in [0.1, 0.15) is 6.42 Å². The van der Waals surface area contributed by atoms with E-state index in [0.29, 0.717) is 5.75 Å². The summed E-state index contributed by atoms with van der Waals surface area (Å²) in [5.74, 6) is -3.15. The molecule has 0 heterocycles. The van der Waals surface area contributed by atoms with Gasteiger partial charge in [0.2, 0.25) is 0 Å². The van der Waals surface area contributed by atoms with Crippen LogP contribution in [0.3, 0.4) is 0 Å². The number of hydrogen-bond acceptors (Lipinski definition) is 5. The lowest BCUT2D eigenvalue weighted by molar-refractivity contribution is -0.149. The Morgan fingerprint density at radius 3 is 2.46 bits per heavy atom. The number of carbonyl (C=O) groups is 3. The van der Waals surface area contributed by atoms with Crippen molar-refractivity contribution in [3.8, 4) is 0 Å². The van der Waals surface area contributed by atoms with Gasteiger partial charge in [-0.05, 0) is 30.6 Å². The Balaban J connectivity index is 2.57. The maximum atomic E-state index is 13.4. The number of halogens is 2. The Kier molecular flexibility index (Phi) is 7.96. The van der Waals surface area contributed by atoms with Crippen molar-refractivity contribution < 1.29 is 27.9 Å². The lowest BCUT2D eigenvalue weighted by atomic mass is 10.2. The summed E-state index contributed by atoms with van der Waals surface area (Å²) in [5, 5.41) is 4.18. The summed E-state index contributed by atoms with van der Waals surface area (Å²) >= 11 is 1.44. The number of thioether (sulfide) groups is 1. The molecule has 0 radical (unpaired) electrons. The summed E-state index contributed by atoms with van der Waals surface area (Å²) in [4.78, 5) is 34.4. The van der Waals surface area contributed by atoms with Crippen molar-refractivity contribution in [2.75, 3.05) is 23.9 Å². The van der Waals surface area contributed by atoms with Crippen LogP contribution in [0.2, 0.25) is 0 Å². The molecule has 0 aliphatic heterocycles. The number of nitrogens with two attached hydrogens (primary N) is 1. The molecular formula is C14H17F2N3O4S. The van der Waals surface area contributed by atoms with Gasteiger partial charge in [0.25, 0.3) is 5.91 Å². The standard InChI is InChI=1S/C14H17F2N3O4S/c1-24-6-5-10(18-14(17)22)13(21)23-7-11(20)19-12-8(15)3-2-4-9(12)16/h2-4,10H,5-7H2,1H3,(H,19,20)(H3,17,18,22)/t10-/m0/s1. The highest BCUT2D eigenvalue weighted by Crippen LogP contribution is 2.17. The van der Waals surface area contributed by atoms with E-state index in [0.717, 1.165) is 18.2 Å². The van der Waals surface area contributed by atoms with Crippen LogP contribution in [-0.4, -0.2) is 42.6 Å². The third-order valence-corrected chi connectivity index (χ3v) is 3.43. The highest BCUT2D eigenvalue weighted by molar-refractivity contribution is 7.98. The van der Waals surface area contributed by atoms with Crippen molar-refractivity contribution in [3.63, 3.8) is 0 Å². The molecule has 24 heavy (non-hydrogen) atoms. The molecular weight excluding hydrogens is 344 g/mol. The molecule has 1 atom stereocenters. The van der Waals surface area contributed by atoms with Crippen LogP contribution in [0.15, 0.2) is 18.2 Å². The Morgan fingerprint density at radius 1 is 1.29 bits per heavy atom. The molecule has 0 fully saturated rings. The number of ether oxygens (including phenoxy) is 1. The van der Waals surface area contributed by atoms with Gasteiger partial charge in [-0.2, -0.15) is 11.8 Å². The molecule has 0 aromatic heterocycles. The van der Waals surface area contributed by atoms with Crippen molar-refractivity contribution in [2.24, 2.45) is 5.73 Å². The number of urea groups is 1. The van der Waals surface area contributed by atoms with Crippen LogP contribution < -0.4 is 16.4 Å². The summed E-state index contributed by atoms with van der Waals surface area (Å²) in [6, 6.07) is 1.18. The second-order valence-corrected chi connectivity index (χ2v) is 5.58. The Hall–Kier alpha value is -2.36. The monoisotopic (exact) mass is 361 g/mol. The van der Waals surface area contributed by atoms with E-state index in [1.54, 1.807) is 0 Å². The molecule has 0 aliphatic carbocycles.